The van der Waals surface area contributed by atoms with Gasteiger partial charge in [0.2, 0.25) is 5.75 Å². The van der Waals surface area contributed by atoms with Gasteiger partial charge in [-0.15, -0.1) is 0 Å². The number of ether oxygens (including phenoxy) is 2. The molecule has 0 amide bonds. The molecule has 30 heavy (non-hydrogen) atoms. The first kappa shape index (κ1) is 22.2. The Morgan fingerprint density at radius 1 is 1.13 bits per heavy atom. The Labute approximate surface area is 170 Å². The van der Waals surface area contributed by atoms with Crippen molar-refractivity contribution in [2.75, 3.05) is 13.2 Å². The molecule has 1 aromatic heterocycles. The number of hydrogen-bond donors (Lipinski definition) is 6. The Balaban J connectivity index is 1.71. The van der Waals surface area contributed by atoms with Crippen LogP contribution in [0.15, 0.2) is 39.1 Å². The summed E-state index contributed by atoms with van der Waals surface area (Å²) in [5, 5.41) is 58.9. The number of aromatic hydroxyl groups is 2. The molecular weight excluding hydrogens is 400 g/mol. The zero-order valence-corrected chi connectivity index (χ0v) is 16.1. The highest BCUT2D eigenvalue weighted by Gasteiger charge is 2.43. The van der Waals surface area contributed by atoms with Crippen LogP contribution in [0, 0.1) is 0 Å². The first-order valence-corrected chi connectivity index (χ1v) is 9.28. The quantitative estimate of drug-likeness (QED) is 0.263. The summed E-state index contributed by atoms with van der Waals surface area (Å²) in [4.78, 5) is 11.6. The molecule has 0 aliphatic carbocycles. The van der Waals surface area contributed by atoms with E-state index in [0.29, 0.717) is 16.5 Å². The first-order valence-electron chi connectivity index (χ1n) is 9.28. The minimum Gasteiger partial charge on any atom is -0.508 e. The molecule has 0 radical (unpaired) electrons. The van der Waals surface area contributed by atoms with Crippen LogP contribution in [-0.2, 0) is 15.9 Å². The lowest BCUT2D eigenvalue weighted by Gasteiger charge is -2.39. The standard InChI is InChI=1S/C20H24O10/c1-9(8-28-20-17(26)16(25)15(24)14(7-21)29-20)2-4-11-12(22)5-3-10-6-13(23)19(27)30-18(10)11/h2-3,5-6,14-17,20-26H,4,7-8H2,1H3/b9-2-. The molecule has 1 aliphatic heterocycles. The topological polar surface area (TPSA) is 170 Å². The summed E-state index contributed by atoms with van der Waals surface area (Å²) in [6.07, 6.45) is -4.94. The van der Waals surface area contributed by atoms with Gasteiger partial charge in [0, 0.05) is 10.9 Å². The summed E-state index contributed by atoms with van der Waals surface area (Å²) in [5.74, 6) is -0.617. The molecule has 5 atom stereocenters. The fourth-order valence-electron chi connectivity index (χ4n) is 3.17. The molecule has 2 aromatic rings. The van der Waals surface area contributed by atoms with Crippen LogP contribution in [0.4, 0.5) is 0 Å². The second-order valence-corrected chi connectivity index (χ2v) is 7.16. The third-order valence-electron chi connectivity index (χ3n) is 4.94. The van der Waals surface area contributed by atoms with Crippen LogP contribution in [-0.4, -0.2) is 74.6 Å². The van der Waals surface area contributed by atoms with E-state index >= 15 is 0 Å². The van der Waals surface area contributed by atoms with Crippen molar-refractivity contribution in [2.45, 2.75) is 44.1 Å². The molecule has 0 saturated carbocycles. The van der Waals surface area contributed by atoms with Crippen molar-refractivity contribution in [1.29, 1.82) is 0 Å². The van der Waals surface area contributed by atoms with E-state index < -0.39 is 48.7 Å². The molecule has 1 fully saturated rings. The maximum Gasteiger partial charge on any atom is 0.378 e. The fourth-order valence-corrected chi connectivity index (χ4v) is 3.17. The van der Waals surface area contributed by atoms with E-state index in [4.69, 9.17) is 13.9 Å². The summed E-state index contributed by atoms with van der Waals surface area (Å²) in [7, 11) is 0. The van der Waals surface area contributed by atoms with Gasteiger partial charge in [-0.3, -0.25) is 0 Å². The number of fused-ring (bicyclic) bond motifs is 1. The molecule has 2 heterocycles. The Bertz CT molecular complexity index is 979. The van der Waals surface area contributed by atoms with Crippen LogP contribution in [0.2, 0.25) is 0 Å². The van der Waals surface area contributed by atoms with Crippen LogP contribution >= 0.6 is 0 Å². The third-order valence-corrected chi connectivity index (χ3v) is 4.94. The van der Waals surface area contributed by atoms with Crippen molar-refractivity contribution in [3.63, 3.8) is 0 Å². The second kappa shape index (κ2) is 9.13. The maximum atomic E-state index is 11.6. The average Bonchev–Trinajstić information content (AvgIpc) is 2.72. The van der Waals surface area contributed by atoms with Gasteiger partial charge in [-0.2, -0.15) is 0 Å². The Kier molecular flexibility index (Phi) is 6.76. The maximum absolute atomic E-state index is 11.6. The summed E-state index contributed by atoms with van der Waals surface area (Å²) < 4.78 is 15.8. The van der Waals surface area contributed by atoms with Crippen LogP contribution in [0.1, 0.15) is 12.5 Å². The van der Waals surface area contributed by atoms with Crippen LogP contribution < -0.4 is 5.63 Å². The smallest absolute Gasteiger partial charge is 0.378 e. The fraction of sp³-hybridized carbons (Fsp3) is 0.450. The largest absolute Gasteiger partial charge is 0.508 e. The zero-order chi connectivity index (χ0) is 22.0. The molecule has 0 spiro atoms. The van der Waals surface area contributed by atoms with E-state index in [-0.39, 0.29) is 24.4 Å². The summed E-state index contributed by atoms with van der Waals surface area (Å²) in [6, 6.07) is 4.18. The zero-order valence-electron chi connectivity index (χ0n) is 16.1. The van der Waals surface area contributed by atoms with Crippen LogP contribution in [0.25, 0.3) is 11.0 Å². The summed E-state index contributed by atoms with van der Waals surface area (Å²) >= 11 is 0. The Morgan fingerprint density at radius 2 is 1.87 bits per heavy atom. The predicted molar refractivity (Wildman–Crippen MR) is 103 cm³/mol. The van der Waals surface area contributed by atoms with E-state index in [2.05, 4.69) is 0 Å². The highest BCUT2D eigenvalue weighted by molar-refractivity contribution is 5.83. The van der Waals surface area contributed by atoms with Gasteiger partial charge in [-0.25, -0.2) is 4.79 Å². The van der Waals surface area contributed by atoms with Crippen molar-refractivity contribution in [2.24, 2.45) is 0 Å². The lowest BCUT2D eigenvalue weighted by atomic mass is 9.99. The van der Waals surface area contributed by atoms with Crippen LogP contribution in [0.3, 0.4) is 0 Å². The Hall–Kier alpha value is -2.47. The number of aliphatic hydroxyl groups is 4. The average molecular weight is 424 g/mol. The van der Waals surface area contributed by atoms with Gasteiger partial charge in [0.15, 0.2) is 6.29 Å². The first-order chi connectivity index (χ1) is 14.2. The lowest BCUT2D eigenvalue weighted by molar-refractivity contribution is -0.299. The van der Waals surface area contributed by atoms with E-state index in [1.807, 2.05) is 0 Å². The highest BCUT2D eigenvalue weighted by Crippen LogP contribution is 2.29. The molecule has 1 saturated heterocycles. The molecule has 5 unspecified atom stereocenters. The molecule has 0 bridgehead atoms. The molecule has 10 nitrogen and oxygen atoms in total. The molecule has 6 N–H and O–H groups in total. The minimum absolute atomic E-state index is 0.0149. The molecular formula is C20H24O10. The summed E-state index contributed by atoms with van der Waals surface area (Å²) in [6.45, 7) is 1.15. The minimum atomic E-state index is -1.53. The normalized spacial score (nSPS) is 27.5. The molecule has 1 aliphatic rings. The van der Waals surface area contributed by atoms with E-state index in [1.165, 1.54) is 18.2 Å². The third kappa shape index (κ3) is 4.48. The number of benzene rings is 1. The van der Waals surface area contributed by atoms with Gasteiger partial charge in [0.25, 0.3) is 0 Å². The van der Waals surface area contributed by atoms with E-state index in [0.717, 1.165) is 0 Å². The van der Waals surface area contributed by atoms with Gasteiger partial charge in [-0.1, -0.05) is 11.6 Å². The molecule has 10 heteroatoms. The summed E-state index contributed by atoms with van der Waals surface area (Å²) in [5.41, 5.74) is 0.249. The number of hydrogen-bond acceptors (Lipinski definition) is 10. The van der Waals surface area contributed by atoms with E-state index in [1.54, 1.807) is 13.0 Å². The monoisotopic (exact) mass is 424 g/mol. The van der Waals surface area contributed by atoms with Crippen molar-refractivity contribution in [1.82, 2.24) is 0 Å². The number of rotatable bonds is 6. The SMILES string of the molecule is C/C(=C/Cc1c(O)ccc2cc(O)c(=O)oc12)COC1OC(CO)C(O)C(O)C1O. The molecule has 3 rings (SSSR count). The number of phenolic OH excluding ortho intramolecular Hbond substituents is 1. The van der Waals surface area contributed by atoms with Gasteiger partial charge >= 0.3 is 5.63 Å². The van der Waals surface area contributed by atoms with Gasteiger partial charge in [0.1, 0.15) is 35.7 Å². The van der Waals surface area contributed by atoms with Crippen molar-refractivity contribution in [3.8, 4) is 11.5 Å². The highest BCUT2D eigenvalue weighted by atomic mass is 16.7. The number of allylic oxidation sites excluding steroid dienone is 1. The van der Waals surface area contributed by atoms with Crippen molar-refractivity contribution < 1.29 is 44.5 Å². The van der Waals surface area contributed by atoms with Crippen molar-refractivity contribution >= 4 is 11.0 Å². The Morgan fingerprint density at radius 3 is 2.57 bits per heavy atom. The lowest BCUT2D eigenvalue weighted by Crippen LogP contribution is -2.59. The molecule has 1 aromatic carbocycles. The van der Waals surface area contributed by atoms with Gasteiger partial charge in [-0.05, 0) is 31.5 Å². The number of aliphatic hydroxyl groups excluding tert-OH is 4. The van der Waals surface area contributed by atoms with E-state index in [9.17, 15) is 35.4 Å². The molecule has 164 valence electrons. The van der Waals surface area contributed by atoms with Crippen LogP contribution in [0.5, 0.6) is 11.5 Å². The van der Waals surface area contributed by atoms with Gasteiger partial charge < -0.3 is 44.5 Å². The predicted octanol–water partition coefficient (Wildman–Crippen LogP) is -0.491. The number of phenols is 1. The van der Waals surface area contributed by atoms with Gasteiger partial charge in [0.05, 0.1) is 13.2 Å². The second-order valence-electron chi connectivity index (χ2n) is 7.16. The van der Waals surface area contributed by atoms with Crippen molar-refractivity contribution in [3.05, 3.63) is 45.8 Å².